The van der Waals surface area contributed by atoms with Crippen LogP contribution in [-0.4, -0.2) is 63.7 Å². The first-order chi connectivity index (χ1) is 18.3. The number of sulfonamides is 1. The number of aryl methyl sites for hydroxylation is 2. The predicted molar refractivity (Wildman–Crippen MR) is 143 cm³/mol. The maximum Gasteiger partial charge on any atom is 0.261 e. The van der Waals surface area contributed by atoms with Gasteiger partial charge >= 0.3 is 0 Å². The summed E-state index contributed by atoms with van der Waals surface area (Å²) in [6.45, 7) is 7.46. The summed E-state index contributed by atoms with van der Waals surface area (Å²) in [5, 5.41) is 0. The number of fused-ring (bicyclic) bond motifs is 1. The van der Waals surface area contributed by atoms with Crippen LogP contribution in [0, 0.1) is 13.8 Å². The van der Waals surface area contributed by atoms with E-state index in [1.165, 1.54) is 12.1 Å². The molecule has 0 atom stereocenters. The van der Waals surface area contributed by atoms with Gasteiger partial charge in [0, 0.05) is 32.7 Å². The van der Waals surface area contributed by atoms with E-state index in [1.54, 1.807) is 23.1 Å². The molecule has 0 aromatic heterocycles. The lowest BCUT2D eigenvalue weighted by Crippen LogP contribution is -2.49. The molecule has 5 rings (SSSR count). The first-order valence-electron chi connectivity index (χ1n) is 12.5. The Balaban J connectivity index is 1.09. The van der Waals surface area contributed by atoms with Gasteiger partial charge in [-0.15, -0.1) is 0 Å². The van der Waals surface area contributed by atoms with Crippen LogP contribution in [0.15, 0.2) is 65.6 Å². The molecule has 2 heterocycles. The third kappa shape index (κ3) is 6.03. The Labute approximate surface area is 223 Å². The van der Waals surface area contributed by atoms with Crippen molar-refractivity contribution in [3.8, 4) is 17.2 Å². The van der Waals surface area contributed by atoms with E-state index in [9.17, 15) is 13.2 Å². The van der Waals surface area contributed by atoms with Crippen molar-refractivity contribution in [1.29, 1.82) is 0 Å². The molecule has 3 aromatic carbocycles. The third-order valence-corrected chi connectivity index (χ3v) is 8.08. The zero-order valence-corrected chi connectivity index (χ0v) is 22.3. The molecule has 9 nitrogen and oxygen atoms in total. The summed E-state index contributed by atoms with van der Waals surface area (Å²) >= 11 is 0. The molecule has 2 aliphatic heterocycles. The zero-order chi connectivity index (χ0) is 26.7. The number of hydrogen-bond acceptors (Lipinski definition) is 7. The molecule has 200 valence electrons. The number of nitrogens with zero attached hydrogens (tertiary/aromatic N) is 2. The molecule has 0 aliphatic carbocycles. The van der Waals surface area contributed by atoms with Crippen molar-refractivity contribution in [2.45, 2.75) is 25.3 Å². The van der Waals surface area contributed by atoms with Gasteiger partial charge in [0.2, 0.25) is 6.79 Å². The Morgan fingerprint density at radius 2 is 1.66 bits per heavy atom. The van der Waals surface area contributed by atoms with Gasteiger partial charge in [-0.3, -0.25) is 14.4 Å². The molecule has 38 heavy (non-hydrogen) atoms. The molecule has 0 saturated carbocycles. The minimum absolute atomic E-state index is 0.0963. The van der Waals surface area contributed by atoms with Gasteiger partial charge in [-0.2, -0.15) is 0 Å². The van der Waals surface area contributed by atoms with Crippen molar-refractivity contribution in [3.63, 3.8) is 0 Å². The second-order valence-electron chi connectivity index (χ2n) is 9.53. The normalized spacial score (nSPS) is 15.4. The SMILES string of the molecule is Cc1ccc(C)c(NS(=O)(=O)c2ccc(OCC(=O)N3CCN(Cc4ccc5c(c4)OCO5)CC3)cc2)c1. The summed E-state index contributed by atoms with van der Waals surface area (Å²) in [6.07, 6.45) is 0. The Hall–Kier alpha value is -3.76. The average molecular weight is 538 g/mol. The van der Waals surface area contributed by atoms with Crippen molar-refractivity contribution in [2.75, 3.05) is 44.3 Å². The molecule has 1 N–H and O–H groups in total. The van der Waals surface area contributed by atoms with E-state index in [-0.39, 0.29) is 24.2 Å². The number of rotatable bonds is 8. The highest BCUT2D eigenvalue weighted by Crippen LogP contribution is 2.33. The largest absolute Gasteiger partial charge is 0.484 e. The highest BCUT2D eigenvalue weighted by Gasteiger charge is 2.23. The Bertz CT molecular complexity index is 1420. The quantitative estimate of drug-likeness (QED) is 0.469. The molecule has 0 unspecified atom stereocenters. The number of piperazine rings is 1. The van der Waals surface area contributed by atoms with Crippen molar-refractivity contribution >= 4 is 21.6 Å². The van der Waals surface area contributed by atoms with Gasteiger partial charge < -0.3 is 19.1 Å². The minimum atomic E-state index is -3.75. The molecular formula is C28H31N3O6S. The molecule has 0 bridgehead atoms. The standard InChI is InChI=1S/C28H31N3O6S/c1-20-3-4-21(2)25(15-20)29-38(33,34)24-8-6-23(7-9-24)35-18-28(32)31-13-11-30(12-14-31)17-22-5-10-26-27(16-22)37-19-36-26/h3-10,15-16,29H,11-14,17-19H2,1-2H3. The monoisotopic (exact) mass is 537 g/mol. The lowest BCUT2D eigenvalue weighted by molar-refractivity contribution is -0.135. The van der Waals surface area contributed by atoms with Gasteiger partial charge in [0.15, 0.2) is 18.1 Å². The molecule has 1 saturated heterocycles. The second kappa shape index (κ2) is 10.9. The molecule has 3 aromatic rings. The van der Waals surface area contributed by atoms with Crippen LogP contribution in [0.1, 0.15) is 16.7 Å². The summed E-state index contributed by atoms with van der Waals surface area (Å²) in [5.41, 5.74) is 3.50. The Morgan fingerprint density at radius 3 is 2.42 bits per heavy atom. The third-order valence-electron chi connectivity index (χ3n) is 6.70. The van der Waals surface area contributed by atoms with Crippen LogP contribution in [0.4, 0.5) is 5.69 Å². The summed E-state index contributed by atoms with van der Waals surface area (Å²) in [7, 11) is -3.75. The van der Waals surface area contributed by atoms with E-state index >= 15 is 0 Å². The number of anilines is 1. The van der Waals surface area contributed by atoms with Gasteiger partial charge in [0.25, 0.3) is 15.9 Å². The summed E-state index contributed by atoms with van der Waals surface area (Å²) in [4.78, 5) is 16.9. The van der Waals surface area contributed by atoms with Gasteiger partial charge in [0.1, 0.15) is 5.75 Å². The topological polar surface area (TPSA) is 97.4 Å². The highest BCUT2D eigenvalue weighted by atomic mass is 32.2. The minimum Gasteiger partial charge on any atom is -0.484 e. The molecule has 1 fully saturated rings. The number of amides is 1. The molecule has 2 aliphatic rings. The fourth-order valence-corrected chi connectivity index (χ4v) is 5.58. The smallest absolute Gasteiger partial charge is 0.261 e. The van der Waals surface area contributed by atoms with Crippen LogP contribution < -0.4 is 18.9 Å². The van der Waals surface area contributed by atoms with E-state index in [0.29, 0.717) is 24.5 Å². The fraction of sp³-hybridized carbons (Fsp3) is 0.321. The van der Waals surface area contributed by atoms with Crippen LogP contribution >= 0.6 is 0 Å². The van der Waals surface area contributed by atoms with E-state index in [4.69, 9.17) is 14.2 Å². The lowest BCUT2D eigenvalue weighted by Gasteiger charge is -2.34. The number of carbonyl (C=O) groups is 1. The van der Waals surface area contributed by atoms with E-state index in [1.807, 2.05) is 44.2 Å². The summed E-state index contributed by atoms with van der Waals surface area (Å²) < 4.78 is 44.7. The van der Waals surface area contributed by atoms with Crippen molar-refractivity contribution in [2.24, 2.45) is 0 Å². The van der Waals surface area contributed by atoms with E-state index < -0.39 is 10.0 Å². The molecule has 0 radical (unpaired) electrons. The fourth-order valence-electron chi connectivity index (χ4n) is 4.45. The van der Waals surface area contributed by atoms with Gasteiger partial charge in [-0.25, -0.2) is 8.42 Å². The summed E-state index contributed by atoms with van der Waals surface area (Å²) in [6, 6.07) is 17.7. The van der Waals surface area contributed by atoms with Crippen LogP contribution in [0.5, 0.6) is 17.2 Å². The van der Waals surface area contributed by atoms with Crippen LogP contribution in [0.25, 0.3) is 0 Å². The van der Waals surface area contributed by atoms with Crippen molar-refractivity contribution in [1.82, 2.24) is 9.80 Å². The molecule has 1 amide bonds. The lowest BCUT2D eigenvalue weighted by atomic mass is 10.1. The average Bonchev–Trinajstić information content (AvgIpc) is 3.38. The maximum absolute atomic E-state index is 12.8. The number of nitrogens with one attached hydrogen (secondary N) is 1. The second-order valence-corrected chi connectivity index (χ2v) is 11.2. The van der Waals surface area contributed by atoms with Gasteiger partial charge in [-0.1, -0.05) is 18.2 Å². The summed E-state index contributed by atoms with van der Waals surface area (Å²) in [5.74, 6) is 1.89. The van der Waals surface area contributed by atoms with Crippen LogP contribution in [-0.2, 0) is 21.4 Å². The van der Waals surface area contributed by atoms with E-state index in [0.717, 1.165) is 47.8 Å². The maximum atomic E-state index is 12.8. The zero-order valence-electron chi connectivity index (χ0n) is 21.5. The predicted octanol–water partition coefficient (Wildman–Crippen LogP) is 3.56. The van der Waals surface area contributed by atoms with E-state index in [2.05, 4.69) is 9.62 Å². The van der Waals surface area contributed by atoms with Gasteiger partial charge in [0.05, 0.1) is 10.6 Å². The number of carbonyl (C=O) groups excluding carboxylic acids is 1. The number of hydrogen-bond donors (Lipinski definition) is 1. The van der Waals surface area contributed by atoms with Crippen LogP contribution in [0.2, 0.25) is 0 Å². The van der Waals surface area contributed by atoms with Gasteiger partial charge in [-0.05, 0) is 73.0 Å². The van der Waals surface area contributed by atoms with Crippen molar-refractivity contribution < 1.29 is 27.4 Å². The van der Waals surface area contributed by atoms with Crippen LogP contribution in [0.3, 0.4) is 0 Å². The first kappa shape index (κ1) is 25.9. The highest BCUT2D eigenvalue weighted by molar-refractivity contribution is 7.92. The molecule has 10 heteroatoms. The van der Waals surface area contributed by atoms with Crippen molar-refractivity contribution in [3.05, 3.63) is 77.4 Å². The molecular weight excluding hydrogens is 506 g/mol. The Kier molecular flexibility index (Phi) is 7.44. The molecule has 0 spiro atoms. The number of ether oxygens (including phenoxy) is 3. The first-order valence-corrected chi connectivity index (χ1v) is 14.0. The Morgan fingerprint density at radius 1 is 0.921 bits per heavy atom. The number of benzene rings is 3.